The van der Waals surface area contributed by atoms with Crippen LogP contribution in [0.4, 0.5) is 0 Å². The topological polar surface area (TPSA) is 52.3 Å². The maximum absolute atomic E-state index is 10.6. The van der Waals surface area contributed by atoms with E-state index in [9.17, 15) is 4.79 Å². The molecule has 2 N–H and O–H groups in total. The Balaban J connectivity index is 0. The van der Waals surface area contributed by atoms with Crippen molar-refractivity contribution in [2.45, 2.75) is 32.9 Å². The van der Waals surface area contributed by atoms with Crippen LogP contribution in [0.15, 0.2) is 0 Å². The zero-order chi connectivity index (χ0) is 7.44. The standard InChI is InChI=1S/C6H13NO2.H2/c1-4(2)9-6(8)5(3)7;/h4-5H,7H2,1-3H3;1H. The molecule has 9 heavy (non-hydrogen) atoms. The molecule has 56 valence electrons. The van der Waals surface area contributed by atoms with Gasteiger partial charge < -0.3 is 10.5 Å². The molecule has 0 aliphatic heterocycles. The number of hydrogen-bond acceptors (Lipinski definition) is 3. The van der Waals surface area contributed by atoms with E-state index in [0.717, 1.165) is 0 Å². The van der Waals surface area contributed by atoms with Crippen molar-refractivity contribution in [1.82, 2.24) is 0 Å². The third-order valence-corrected chi connectivity index (χ3v) is 0.724. The van der Waals surface area contributed by atoms with Crippen LogP contribution in [0.25, 0.3) is 0 Å². The number of ether oxygens (including phenoxy) is 1. The second kappa shape index (κ2) is 3.45. The van der Waals surface area contributed by atoms with Crippen molar-refractivity contribution in [3.05, 3.63) is 0 Å². The fourth-order valence-electron chi connectivity index (χ4n) is 0.340. The van der Waals surface area contributed by atoms with Gasteiger partial charge in [0.25, 0.3) is 0 Å². The first-order chi connectivity index (χ1) is 4.04. The summed E-state index contributed by atoms with van der Waals surface area (Å²) >= 11 is 0. The van der Waals surface area contributed by atoms with Gasteiger partial charge in [-0.25, -0.2) is 0 Å². The van der Waals surface area contributed by atoms with Gasteiger partial charge in [-0.2, -0.15) is 0 Å². The average Bonchev–Trinajstić information content (AvgIpc) is 1.63. The molecule has 0 heterocycles. The highest BCUT2D eigenvalue weighted by Gasteiger charge is 2.09. The Kier molecular flexibility index (Phi) is 3.24. The third-order valence-electron chi connectivity index (χ3n) is 0.724. The van der Waals surface area contributed by atoms with E-state index in [4.69, 9.17) is 10.5 Å². The summed E-state index contributed by atoms with van der Waals surface area (Å²) < 4.78 is 4.75. The fraction of sp³-hybridized carbons (Fsp3) is 0.833. The lowest BCUT2D eigenvalue weighted by Gasteiger charge is -2.08. The molecule has 0 spiro atoms. The van der Waals surface area contributed by atoms with E-state index in [1.54, 1.807) is 20.8 Å². The van der Waals surface area contributed by atoms with Gasteiger partial charge in [-0.3, -0.25) is 4.79 Å². The van der Waals surface area contributed by atoms with Gasteiger partial charge in [-0.05, 0) is 20.8 Å². The zero-order valence-electron chi connectivity index (χ0n) is 6.05. The van der Waals surface area contributed by atoms with Crippen molar-refractivity contribution in [1.29, 1.82) is 0 Å². The highest BCUT2D eigenvalue weighted by molar-refractivity contribution is 5.74. The number of esters is 1. The van der Waals surface area contributed by atoms with Crippen molar-refractivity contribution >= 4 is 5.97 Å². The number of hydrogen-bond donors (Lipinski definition) is 1. The molecule has 0 radical (unpaired) electrons. The first kappa shape index (κ1) is 8.43. The van der Waals surface area contributed by atoms with Crippen LogP contribution in [0, 0.1) is 0 Å². The zero-order valence-corrected chi connectivity index (χ0v) is 6.05. The van der Waals surface area contributed by atoms with Gasteiger partial charge in [-0.1, -0.05) is 0 Å². The van der Waals surface area contributed by atoms with Crippen LogP contribution in [0.2, 0.25) is 0 Å². The normalized spacial score (nSPS) is 13.4. The smallest absolute Gasteiger partial charge is 0.322 e. The Hall–Kier alpha value is -0.570. The Labute approximate surface area is 56.7 Å². The third kappa shape index (κ3) is 3.97. The SMILES string of the molecule is CC(C)OC(=O)C(C)N.[HH]. The number of carbonyl (C=O) groups is 1. The average molecular weight is 133 g/mol. The van der Waals surface area contributed by atoms with Crippen LogP contribution in [-0.4, -0.2) is 18.1 Å². The van der Waals surface area contributed by atoms with Crippen LogP contribution in [0.5, 0.6) is 0 Å². The Bertz CT molecular complexity index is 104. The quantitative estimate of drug-likeness (QED) is 0.559. The molecule has 1 atom stereocenters. The first-order valence-corrected chi connectivity index (χ1v) is 3.00. The van der Waals surface area contributed by atoms with Gasteiger partial charge in [0, 0.05) is 1.43 Å². The van der Waals surface area contributed by atoms with E-state index >= 15 is 0 Å². The summed E-state index contributed by atoms with van der Waals surface area (Å²) in [7, 11) is 0. The van der Waals surface area contributed by atoms with Crippen LogP contribution >= 0.6 is 0 Å². The predicted molar refractivity (Wildman–Crippen MR) is 37.0 cm³/mol. The molecule has 0 fully saturated rings. The van der Waals surface area contributed by atoms with Crippen molar-refractivity contribution in [3.8, 4) is 0 Å². The van der Waals surface area contributed by atoms with Crippen molar-refractivity contribution < 1.29 is 11.0 Å². The molecule has 3 heteroatoms. The van der Waals surface area contributed by atoms with Gasteiger partial charge in [0.1, 0.15) is 6.04 Å². The lowest BCUT2D eigenvalue weighted by atomic mass is 10.4. The minimum absolute atomic E-state index is 0. The number of rotatable bonds is 2. The summed E-state index contributed by atoms with van der Waals surface area (Å²) in [5.74, 6) is -0.343. The Morgan fingerprint density at radius 2 is 2.00 bits per heavy atom. The highest BCUT2D eigenvalue weighted by Crippen LogP contribution is 1.90. The van der Waals surface area contributed by atoms with E-state index in [1.165, 1.54) is 0 Å². The lowest BCUT2D eigenvalue weighted by molar-refractivity contribution is -0.148. The molecule has 0 aliphatic carbocycles. The molecule has 0 aromatic carbocycles. The van der Waals surface area contributed by atoms with E-state index in [-0.39, 0.29) is 13.5 Å². The van der Waals surface area contributed by atoms with Gasteiger partial charge in [0.05, 0.1) is 6.10 Å². The summed E-state index contributed by atoms with van der Waals surface area (Å²) in [4.78, 5) is 10.6. The van der Waals surface area contributed by atoms with Gasteiger partial charge in [0.2, 0.25) is 0 Å². The molecule has 0 aromatic rings. The van der Waals surface area contributed by atoms with Gasteiger partial charge in [0.15, 0.2) is 0 Å². The second-order valence-electron chi connectivity index (χ2n) is 2.27. The maximum atomic E-state index is 10.6. The Morgan fingerprint density at radius 3 is 2.11 bits per heavy atom. The number of carbonyl (C=O) groups excluding carboxylic acids is 1. The molecule has 0 aliphatic rings. The molecule has 0 aromatic heterocycles. The van der Waals surface area contributed by atoms with E-state index in [1.807, 2.05) is 0 Å². The second-order valence-corrected chi connectivity index (χ2v) is 2.27. The fourth-order valence-corrected chi connectivity index (χ4v) is 0.340. The summed E-state index contributed by atoms with van der Waals surface area (Å²) in [5.41, 5.74) is 5.21. The molecule has 0 bridgehead atoms. The van der Waals surface area contributed by atoms with Crippen LogP contribution in [0.3, 0.4) is 0 Å². The molecule has 0 saturated carbocycles. The molecule has 1 unspecified atom stereocenters. The summed E-state index contributed by atoms with van der Waals surface area (Å²) in [6.45, 7) is 5.19. The monoisotopic (exact) mass is 133 g/mol. The van der Waals surface area contributed by atoms with E-state index in [2.05, 4.69) is 0 Å². The van der Waals surface area contributed by atoms with Crippen molar-refractivity contribution in [3.63, 3.8) is 0 Å². The predicted octanol–water partition coefficient (Wildman–Crippen LogP) is 0.531. The minimum atomic E-state index is -0.507. The van der Waals surface area contributed by atoms with E-state index < -0.39 is 6.04 Å². The molecule has 0 amide bonds. The van der Waals surface area contributed by atoms with Gasteiger partial charge in [-0.15, -0.1) is 0 Å². The summed E-state index contributed by atoms with van der Waals surface area (Å²) in [6.07, 6.45) is -0.0662. The van der Waals surface area contributed by atoms with E-state index in [0.29, 0.717) is 0 Å². The molecular formula is C6H15NO2. The highest BCUT2D eigenvalue weighted by atomic mass is 16.5. The number of nitrogens with two attached hydrogens (primary N) is 1. The molecule has 3 nitrogen and oxygen atoms in total. The molecule has 0 saturated heterocycles. The first-order valence-electron chi connectivity index (χ1n) is 3.00. The van der Waals surface area contributed by atoms with Gasteiger partial charge >= 0.3 is 5.97 Å². The lowest BCUT2D eigenvalue weighted by Crippen LogP contribution is -2.30. The largest absolute Gasteiger partial charge is 0.462 e. The maximum Gasteiger partial charge on any atom is 0.322 e. The van der Waals surface area contributed by atoms with Crippen molar-refractivity contribution in [2.75, 3.05) is 0 Å². The summed E-state index contributed by atoms with van der Waals surface area (Å²) in [6, 6.07) is -0.507. The summed E-state index contributed by atoms with van der Waals surface area (Å²) in [5, 5.41) is 0. The van der Waals surface area contributed by atoms with Crippen LogP contribution in [0.1, 0.15) is 22.2 Å². The molecule has 0 rings (SSSR count). The van der Waals surface area contributed by atoms with Crippen LogP contribution in [-0.2, 0) is 9.53 Å². The molecular weight excluding hydrogens is 118 g/mol. The van der Waals surface area contributed by atoms with Crippen LogP contribution < -0.4 is 5.73 Å². The Morgan fingerprint density at radius 1 is 1.56 bits per heavy atom. The minimum Gasteiger partial charge on any atom is -0.462 e. The van der Waals surface area contributed by atoms with Crippen molar-refractivity contribution in [2.24, 2.45) is 5.73 Å².